The summed E-state index contributed by atoms with van der Waals surface area (Å²) in [5, 5.41) is 16.0. The summed E-state index contributed by atoms with van der Waals surface area (Å²) in [6.07, 6.45) is 1.06. The number of hydrogen-bond donors (Lipinski definition) is 2. The van der Waals surface area contributed by atoms with E-state index in [1.807, 2.05) is 6.92 Å². The Hall–Kier alpha value is -1.85. The molecule has 0 aliphatic rings. The average Bonchev–Trinajstić information content (AvgIpc) is 2.52. The summed E-state index contributed by atoms with van der Waals surface area (Å²) in [6, 6.07) is 0. The fourth-order valence-corrected chi connectivity index (χ4v) is 2.14. The van der Waals surface area contributed by atoms with Crippen LogP contribution in [0.4, 0.5) is 0 Å². The SMILES string of the molecule is CCCC(C)(NC(=O)c1c(C)nn(C)c1C)C(=O)O. The van der Waals surface area contributed by atoms with Gasteiger partial charge in [-0.2, -0.15) is 5.10 Å². The third-order valence-corrected chi connectivity index (χ3v) is 3.35. The van der Waals surface area contributed by atoms with E-state index in [9.17, 15) is 14.7 Å². The topological polar surface area (TPSA) is 84.2 Å². The minimum absolute atomic E-state index is 0.381. The number of carbonyl (C=O) groups excluding carboxylic acids is 1. The molecule has 19 heavy (non-hydrogen) atoms. The van der Waals surface area contributed by atoms with Gasteiger partial charge in [-0.3, -0.25) is 9.48 Å². The highest BCUT2D eigenvalue weighted by Gasteiger charge is 2.35. The third kappa shape index (κ3) is 2.94. The van der Waals surface area contributed by atoms with Gasteiger partial charge in [-0.25, -0.2) is 4.79 Å². The van der Waals surface area contributed by atoms with Crippen molar-refractivity contribution >= 4 is 11.9 Å². The summed E-state index contributed by atoms with van der Waals surface area (Å²) in [4.78, 5) is 23.6. The standard InChI is InChI=1S/C13H21N3O3/c1-6-7-13(4,12(18)19)14-11(17)10-8(2)15-16(5)9(10)3/h6-7H2,1-5H3,(H,14,17)(H,18,19). The van der Waals surface area contributed by atoms with E-state index < -0.39 is 11.5 Å². The van der Waals surface area contributed by atoms with E-state index in [4.69, 9.17) is 0 Å². The number of carboxylic acids is 1. The van der Waals surface area contributed by atoms with Crippen molar-refractivity contribution in [2.24, 2.45) is 7.05 Å². The number of nitrogens with one attached hydrogen (secondary N) is 1. The van der Waals surface area contributed by atoms with Crippen molar-refractivity contribution in [3.8, 4) is 0 Å². The zero-order valence-electron chi connectivity index (χ0n) is 12.1. The molecule has 0 fully saturated rings. The Morgan fingerprint density at radius 2 is 2.00 bits per heavy atom. The van der Waals surface area contributed by atoms with Crippen molar-refractivity contribution in [2.45, 2.75) is 46.1 Å². The van der Waals surface area contributed by atoms with Crippen LogP contribution in [-0.2, 0) is 11.8 Å². The number of aliphatic carboxylic acids is 1. The monoisotopic (exact) mass is 267 g/mol. The van der Waals surface area contributed by atoms with Gasteiger partial charge in [0.05, 0.1) is 11.3 Å². The first-order valence-corrected chi connectivity index (χ1v) is 6.29. The lowest BCUT2D eigenvalue weighted by Gasteiger charge is -2.25. The first-order chi connectivity index (χ1) is 8.73. The van der Waals surface area contributed by atoms with E-state index in [-0.39, 0.29) is 5.91 Å². The molecule has 0 aliphatic carbocycles. The predicted octanol–water partition coefficient (Wildman–Crippen LogP) is 1.41. The highest BCUT2D eigenvalue weighted by molar-refractivity contribution is 5.99. The quantitative estimate of drug-likeness (QED) is 0.844. The Kier molecular flexibility index (Phi) is 4.34. The normalized spacial score (nSPS) is 13.9. The number of rotatable bonds is 5. The van der Waals surface area contributed by atoms with E-state index in [0.29, 0.717) is 24.1 Å². The van der Waals surface area contributed by atoms with Gasteiger partial charge in [-0.05, 0) is 27.2 Å². The summed E-state index contributed by atoms with van der Waals surface area (Å²) >= 11 is 0. The number of aryl methyl sites for hydroxylation is 2. The highest BCUT2D eigenvalue weighted by Crippen LogP contribution is 2.17. The van der Waals surface area contributed by atoms with Gasteiger partial charge in [0.25, 0.3) is 5.91 Å². The van der Waals surface area contributed by atoms with Gasteiger partial charge in [-0.1, -0.05) is 13.3 Å². The number of carbonyl (C=O) groups is 2. The molecule has 1 amide bonds. The van der Waals surface area contributed by atoms with Gasteiger partial charge >= 0.3 is 5.97 Å². The second-order valence-corrected chi connectivity index (χ2v) is 5.01. The Balaban J connectivity index is 3.04. The molecule has 1 atom stereocenters. The van der Waals surface area contributed by atoms with Gasteiger partial charge in [0.15, 0.2) is 0 Å². The van der Waals surface area contributed by atoms with Crippen molar-refractivity contribution in [1.29, 1.82) is 0 Å². The molecular formula is C13H21N3O3. The van der Waals surface area contributed by atoms with Gasteiger partial charge in [0.2, 0.25) is 0 Å². The van der Waals surface area contributed by atoms with Crippen LogP contribution in [0.5, 0.6) is 0 Å². The van der Waals surface area contributed by atoms with Crippen molar-refractivity contribution in [1.82, 2.24) is 15.1 Å². The summed E-state index contributed by atoms with van der Waals surface area (Å²) < 4.78 is 1.61. The molecule has 1 unspecified atom stereocenters. The maximum absolute atomic E-state index is 12.3. The molecule has 0 aliphatic heterocycles. The molecule has 106 valence electrons. The van der Waals surface area contributed by atoms with Crippen LogP contribution in [0.25, 0.3) is 0 Å². The predicted molar refractivity (Wildman–Crippen MR) is 71.1 cm³/mol. The number of carboxylic acid groups (broad SMARTS) is 1. The van der Waals surface area contributed by atoms with Crippen LogP contribution in [0.1, 0.15) is 48.4 Å². The van der Waals surface area contributed by atoms with Gasteiger partial charge in [0, 0.05) is 12.7 Å². The smallest absolute Gasteiger partial charge is 0.329 e. The van der Waals surface area contributed by atoms with Gasteiger partial charge < -0.3 is 10.4 Å². The molecule has 6 heteroatoms. The first kappa shape index (κ1) is 15.2. The molecule has 6 nitrogen and oxygen atoms in total. The minimum Gasteiger partial charge on any atom is -0.480 e. The van der Waals surface area contributed by atoms with Crippen molar-refractivity contribution < 1.29 is 14.7 Å². The molecule has 2 N–H and O–H groups in total. The highest BCUT2D eigenvalue weighted by atomic mass is 16.4. The average molecular weight is 267 g/mol. The van der Waals surface area contributed by atoms with Crippen LogP contribution in [0.3, 0.4) is 0 Å². The second-order valence-electron chi connectivity index (χ2n) is 5.01. The molecular weight excluding hydrogens is 246 g/mol. The van der Waals surface area contributed by atoms with E-state index in [0.717, 1.165) is 5.69 Å². The van der Waals surface area contributed by atoms with Crippen LogP contribution in [0.2, 0.25) is 0 Å². The maximum Gasteiger partial charge on any atom is 0.329 e. The molecule has 0 radical (unpaired) electrons. The summed E-state index contributed by atoms with van der Waals surface area (Å²) in [7, 11) is 1.75. The second kappa shape index (κ2) is 5.42. The zero-order valence-corrected chi connectivity index (χ0v) is 12.1. The lowest BCUT2D eigenvalue weighted by molar-refractivity contribution is -0.144. The number of aromatic nitrogens is 2. The molecule has 0 bridgehead atoms. The summed E-state index contributed by atoms with van der Waals surface area (Å²) in [6.45, 7) is 6.93. The molecule has 1 aromatic heterocycles. The van der Waals surface area contributed by atoms with E-state index in [2.05, 4.69) is 10.4 Å². The van der Waals surface area contributed by atoms with Crippen LogP contribution in [-0.4, -0.2) is 32.3 Å². The third-order valence-electron chi connectivity index (χ3n) is 3.35. The Morgan fingerprint density at radius 3 is 2.37 bits per heavy atom. The Labute approximate surface area is 112 Å². The van der Waals surface area contributed by atoms with Crippen LogP contribution in [0, 0.1) is 13.8 Å². The fourth-order valence-electron chi connectivity index (χ4n) is 2.14. The lowest BCUT2D eigenvalue weighted by Crippen LogP contribution is -2.52. The molecule has 1 aromatic rings. The van der Waals surface area contributed by atoms with E-state index in [1.165, 1.54) is 6.92 Å². The molecule has 1 rings (SSSR count). The van der Waals surface area contributed by atoms with E-state index >= 15 is 0 Å². The molecule has 1 heterocycles. The molecule has 0 saturated heterocycles. The fraction of sp³-hybridized carbons (Fsp3) is 0.615. The number of hydrogen-bond acceptors (Lipinski definition) is 3. The molecule has 0 aromatic carbocycles. The lowest BCUT2D eigenvalue weighted by atomic mass is 9.95. The minimum atomic E-state index is -1.25. The van der Waals surface area contributed by atoms with Crippen LogP contribution in [0.15, 0.2) is 0 Å². The number of nitrogens with zero attached hydrogens (tertiary/aromatic N) is 2. The summed E-state index contributed by atoms with van der Waals surface area (Å²) in [5.74, 6) is -1.41. The Bertz CT molecular complexity index is 507. The van der Waals surface area contributed by atoms with Crippen LogP contribution >= 0.6 is 0 Å². The first-order valence-electron chi connectivity index (χ1n) is 6.29. The van der Waals surface area contributed by atoms with Crippen LogP contribution < -0.4 is 5.32 Å². The van der Waals surface area contributed by atoms with E-state index in [1.54, 1.807) is 25.6 Å². The van der Waals surface area contributed by atoms with Gasteiger partial charge in [0.1, 0.15) is 5.54 Å². The zero-order chi connectivity index (χ0) is 14.8. The maximum atomic E-state index is 12.3. The summed E-state index contributed by atoms with van der Waals surface area (Å²) in [5.41, 5.74) is 0.521. The largest absolute Gasteiger partial charge is 0.480 e. The van der Waals surface area contributed by atoms with Crippen molar-refractivity contribution in [3.05, 3.63) is 17.0 Å². The van der Waals surface area contributed by atoms with Gasteiger partial charge in [-0.15, -0.1) is 0 Å². The molecule has 0 spiro atoms. The van der Waals surface area contributed by atoms with Crippen molar-refractivity contribution in [3.63, 3.8) is 0 Å². The Morgan fingerprint density at radius 1 is 1.42 bits per heavy atom. The number of amides is 1. The molecule has 0 saturated carbocycles. The van der Waals surface area contributed by atoms with Crippen molar-refractivity contribution in [2.75, 3.05) is 0 Å².